The van der Waals surface area contributed by atoms with E-state index >= 15 is 0 Å². The van der Waals surface area contributed by atoms with Crippen molar-refractivity contribution in [3.05, 3.63) is 33.8 Å². The van der Waals surface area contributed by atoms with Crippen molar-refractivity contribution in [1.29, 1.82) is 0 Å². The first-order valence-corrected chi connectivity index (χ1v) is 6.86. The van der Waals surface area contributed by atoms with Gasteiger partial charge in [0.05, 0.1) is 20.1 Å². The first kappa shape index (κ1) is 15.7. The standard InChI is InChI=1S/C14H17BrO4/c1-3-19-13(16)8-7-11-10(9-14(17)18-2)5-4-6-12(11)15/h4-6H,3,7-9H2,1-2H3. The quantitative estimate of drug-likeness (QED) is 0.753. The van der Waals surface area contributed by atoms with E-state index in [-0.39, 0.29) is 18.4 Å². The molecule has 0 spiro atoms. The highest BCUT2D eigenvalue weighted by atomic mass is 79.9. The lowest BCUT2D eigenvalue weighted by molar-refractivity contribution is -0.143. The van der Waals surface area contributed by atoms with Gasteiger partial charge in [-0.3, -0.25) is 9.59 Å². The molecule has 4 nitrogen and oxygen atoms in total. The summed E-state index contributed by atoms with van der Waals surface area (Å²) in [4.78, 5) is 22.7. The molecule has 0 aliphatic heterocycles. The predicted molar refractivity (Wildman–Crippen MR) is 74.8 cm³/mol. The summed E-state index contributed by atoms with van der Waals surface area (Å²) in [5.41, 5.74) is 1.81. The number of halogens is 1. The fourth-order valence-electron chi connectivity index (χ4n) is 1.74. The van der Waals surface area contributed by atoms with Crippen molar-refractivity contribution >= 4 is 27.9 Å². The second-order valence-corrected chi connectivity index (χ2v) is 4.79. The summed E-state index contributed by atoms with van der Waals surface area (Å²) < 4.78 is 10.5. The van der Waals surface area contributed by atoms with E-state index in [1.807, 2.05) is 18.2 Å². The summed E-state index contributed by atoms with van der Waals surface area (Å²) in [6.07, 6.45) is 1.03. The van der Waals surface area contributed by atoms with Crippen LogP contribution >= 0.6 is 15.9 Å². The van der Waals surface area contributed by atoms with E-state index < -0.39 is 0 Å². The molecule has 0 heterocycles. The molecule has 0 aliphatic carbocycles. The third-order valence-corrected chi connectivity index (χ3v) is 3.41. The van der Waals surface area contributed by atoms with E-state index in [1.165, 1.54) is 7.11 Å². The van der Waals surface area contributed by atoms with E-state index in [1.54, 1.807) is 6.92 Å². The molecule has 104 valence electrons. The third kappa shape index (κ3) is 5.03. The fraction of sp³-hybridized carbons (Fsp3) is 0.429. The molecule has 0 amide bonds. The number of hydrogen-bond acceptors (Lipinski definition) is 4. The van der Waals surface area contributed by atoms with Gasteiger partial charge in [0.15, 0.2) is 0 Å². The Morgan fingerprint density at radius 1 is 1.26 bits per heavy atom. The van der Waals surface area contributed by atoms with Gasteiger partial charge in [0.1, 0.15) is 0 Å². The van der Waals surface area contributed by atoms with Crippen LogP contribution in [0.25, 0.3) is 0 Å². The molecule has 0 saturated heterocycles. The van der Waals surface area contributed by atoms with Crippen LogP contribution in [-0.2, 0) is 31.9 Å². The molecule has 19 heavy (non-hydrogen) atoms. The van der Waals surface area contributed by atoms with Crippen molar-refractivity contribution in [3.8, 4) is 0 Å². The van der Waals surface area contributed by atoms with Crippen molar-refractivity contribution < 1.29 is 19.1 Å². The van der Waals surface area contributed by atoms with Gasteiger partial charge in [-0.25, -0.2) is 0 Å². The molecular weight excluding hydrogens is 312 g/mol. The average molecular weight is 329 g/mol. The smallest absolute Gasteiger partial charge is 0.309 e. The van der Waals surface area contributed by atoms with E-state index in [2.05, 4.69) is 20.7 Å². The largest absolute Gasteiger partial charge is 0.469 e. The Balaban J connectivity index is 2.80. The van der Waals surface area contributed by atoms with E-state index in [4.69, 9.17) is 4.74 Å². The van der Waals surface area contributed by atoms with Gasteiger partial charge in [0.25, 0.3) is 0 Å². The zero-order chi connectivity index (χ0) is 14.3. The van der Waals surface area contributed by atoms with Crippen LogP contribution in [0, 0.1) is 0 Å². The molecule has 0 saturated carbocycles. The first-order chi connectivity index (χ1) is 9.08. The molecule has 0 N–H and O–H groups in total. The molecule has 0 radical (unpaired) electrons. The molecule has 0 aliphatic rings. The summed E-state index contributed by atoms with van der Waals surface area (Å²) in [5, 5.41) is 0. The highest BCUT2D eigenvalue weighted by molar-refractivity contribution is 9.10. The van der Waals surface area contributed by atoms with E-state index in [0.29, 0.717) is 19.4 Å². The van der Waals surface area contributed by atoms with Crippen molar-refractivity contribution in [2.75, 3.05) is 13.7 Å². The summed E-state index contributed by atoms with van der Waals surface area (Å²) in [7, 11) is 1.36. The minimum Gasteiger partial charge on any atom is -0.469 e. The van der Waals surface area contributed by atoms with Crippen LogP contribution in [-0.4, -0.2) is 25.7 Å². The first-order valence-electron chi connectivity index (χ1n) is 6.07. The molecule has 0 aromatic heterocycles. The molecule has 0 atom stereocenters. The number of ether oxygens (including phenoxy) is 2. The maximum absolute atomic E-state index is 11.4. The molecule has 5 heteroatoms. The van der Waals surface area contributed by atoms with Gasteiger partial charge in [-0.15, -0.1) is 0 Å². The van der Waals surface area contributed by atoms with Crippen molar-refractivity contribution in [3.63, 3.8) is 0 Å². The Morgan fingerprint density at radius 3 is 2.63 bits per heavy atom. The monoisotopic (exact) mass is 328 g/mol. The van der Waals surface area contributed by atoms with Crippen LogP contribution < -0.4 is 0 Å². The molecule has 1 aromatic carbocycles. The fourth-order valence-corrected chi connectivity index (χ4v) is 2.34. The zero-order valence-corrected chi connectivity index (χ0v) is 12.7. The van der Waals surface area contributed by atoms with Crippen molar-refractivity contribution in [2.45, 2.75) is 26.2 Å². The summed E-state index contributed by atoms with van der Waals surface area (Å²) in [6.45, 7) is 2.16. The lowest BCUT2D eigenvalue weighted by Crippen LogP contribution is -2.10. The summed E-state index contributed by atoms with van der Waals surface area (Å²) in [5.74, 6) is -0.530. The third-order valence-electron chi connectivity index (χ3n) is 2.66. The van der Waals surface area contributed by atoms with Crippen LogP contribution in [0.5, 0.6) is 0 Å². The molecular formula is C14H17BrO4. The zero-order valence-electron chi connectivity index (χ0n) is 11.1. The van der Waals surface area contributed by atoms with Crippen LogP contribution in [0.15, 0.2) is 22.7 Å². The van der Waals surface area contributed by atoms with Crippen LogP contribution in [0.2, 0.25) is 0 Å². The molecule has 1 rings (SSSR count). The lowest BCUT2D eigenvalue weighted by atomic mass is 10.0. The highest BCUT2D eigenvalue weighted by Crippen LogP contribution is 2.23. The predicted octanol–water partition coefficient (Wildman–Crippen LogP) is 2.66. The average Bonchev–Trinajstić information content (AvgIpc) is 2.38. The van der Waals surface area contributed by atoms with Gasteiger partial charge in [0.2, 0.25) is 0 Å². The number of methoxy groups -OCH3 is 1. The normalized spacial score (nSPS) is 10.1. The maximum Gasteiger partial charge on any atom is 0.309 e. The second kappa shape index (κ2) is 7.94. The van der Waals surface area contributed by atoms with Gasteiger partial charge in [-0.1, -0.05) is 28.1 Å². The highest BCUT2D eigenvalue weighted by Gasteiger charge is 2.12. The van der Waals surface area contributed by atoms with Crippen molar-refractivity contribution in [1.82, 2.24) is 0 Å². The number of esters is 2. The van der Waals surface area contributed by atoms with Gasteiger partial charge < -0.3 is 9.47 Å². The molecule has 0 fully saturated rings. The number of hydrogen-bond donors (Lipinski definition) is 0. The summed E-state index contributed by atoms with van der Waals surface area (Å²) >= 11 is 3.44. The Hall–Kier alpha value is -1.36. The maximum atomic E-state index is 11.4. The van der Waals surface area contributed by atoms with Gasteiger partial charge in [0, 0.05) is 10.9 Å². The van der Waals surface area contributed by atoms with Gasteiger partial charge >= 0.3 is 11.9 Å². The Morgan fingerprint density at radius 2 is 2.00 bits per heavy atom. The minimum atomic E-state index is -0.296. The van der Waals surface area contributed by atoms with Crippen molar-refractivity contribution in [2.24, 2.45) is 0 Å². The summed E-state index contributed by atoms with van der Waals surface area (Å²) in [6, 6.07) is 5.61. The minimum absolute atomic E-state index is 0.202. The Kier molecular flexibility index (Phi) is 6.56. The second-order valence-electron chi connectivity index (χ2n) is 3.94. The molecule has 0 bridgehead atoms. The number of benzene rings is 1. The van der Waals surface area contributed by atoms with Gasteiger partial charge in [-0.2, -0.15) is 0 Å². The Labute approximate surface area is 121 Å². The number of carbonyl (C=O) groups is 2. The SMILES string of the molecule is CCOC(=O)CCc1c(Br)cccc1CC(=O)OC. The van der Waals surface area contributed by atoms with E-state index in [9.17, 15) is 9.59 Å². The topological polar surface area (TPSA) is 52.6 Å². The van der Waals surface area contributed by atoms with Gasteiger partial charge in [-0.05, 0) is 30.5 Å². The van der Waals surface area contributed by atoms with Crippen LogP contribution in [0.1, 0.15) is 24.5 Å². The molecule has 0 unspecified atom stereocenters. The Bertz CT molecular complexity index is 457. The van der Waals surface area contributed by atoms with Crippen LogP contribution in [0.3, 0.4) is 0 Å². The van der Waals surface area contributed by atoms with Crippen LogP contribution in [0.4, 0.5) is 0 Å². The van der Waals surface area contributed by atoms with E-state index in [0.717, 1.165) is 15.6 Å². The molecule has 1 aromatic rings. The number of rotatable bonds is 6. The lowest BCUT2D eigenvalue weighted by Gasteiger charge is -2.10. The number of carbonyl (C=O) groups excluding carboxylic acids is 2.